The van der Waals surface area contributed by atoms with E-state index in [0.717, 1.165) is 5.01 Å². The van der Waals surface area contributed by atoms with Gasteiger partial charge in [-0.3, -0.25) is 4.79 Å². The van der Waals surface area contributed by atoms with E-state index in [0.29, 0.717) is 18.7 Å². The molecular weight excluding hydrogens is 256 g/mol. The van der Waals surface area contributed by atoms with Gasteiger partial charge in [-0.15, -0.1) is 11.3 Å². The number of ether oxygens (including phenoxy) is 1. The third-order valence-electron chi connectivity index (χ3n) is 2.82. The van der Waals surface area contributed by atoms with Crippen LogP contribution in [-0.4, -0.2) is 40.7 Å². The van der Waals surface area contributed by atoms with Gasteiger partial charge in [-0.25, -0.2) is 9.78 Å². The van der Waals surface area contributed by atoms with Gasteiger partial charge in [-0.05, 0) is 6.92 Å². The molecule has 0 saturated carbocycles. The molecular formula is C11H14N2O4S. The molecule has 2 heterocycles. The molecule has 2 N–H and O–H groups in total. The van der Waals surface area contributed by atoms with E-state index in [1.54, 1.807) is 5.38 Å². The van der Waals surface area contributed by atoms with E-state index in [2.05, 4.69) is 10.3 Å². The summed E-state index contributed by atoms with van der Waals surface area (Å²) in [6.45, 7) is 2.22. The highest BCUT2D eigenvalue weighted by molar-refractivity contribution is 7.09. The van der Waals surface area contributed by atoms with E-state index in [1.165, 1.54) is 11.3 Å². The number of thiazole rings is 1. The van der Waals surface area contributed by atoms with Crippen molar-refractivity contribution in [3.05, 3.63) is 16.1 Å². The number of aromatic nitrogens is 1. The average molecular weight is 270 g/mol. The highest BCUT2D eigenvalue weighted by Gasteiger charge is 2.43. The van der Waals surface area contributed by atoms with E-state index in [-0.39, 0.29) is 18.9 Å². The van der Waals surface area contributed by atoms with Gasteiger partial charge in [0, 0.05) is 18.4 Å². The number of aryl methyl sites for hydroxylation is 1. The highest BCUT2D eigenvalue weighted by Crippen LogP contribution is 2.19. The third kappa shape index (κ3) is 2.68. The van der Waals surface area contributed by atoms with Crippen LogP contribution in [0.15, 0.2) is 5.38 Å². The molecule has 6 nitrogen and oxygen atoms in total. The maximum Gasteiger partial charge on any atom is 0.331 e. The monoisotopic (exact) mass is 270 g/mol. The predicted molar refractivity (Wildman–Crippen MR) is 64.5 cm³/mol. The van der Waals surface area contributed by atoms with Gasteiger partial charge in [0.05, 0.1) is 23.7 Å². The standard InChI is InChI=1S/C11H14N2O4S/c1-7-12-8(5-18-7)4-9(14)13-11(10(15)16)2-3-17-6-11/h5H,2-4,6H2,1H3,(H,13,14)(H,15,16). The minimum Gasteiger partial charge on any atom is -0.479 e. The van der Waals surface area contributed by atoms with Crippen LogP contribution in [0.4, 0.5) is 0 Å². The summed E-state index contributed by atoms with van der Waals surface area (Å²) in [5, 5.41) is 14.4. The van der Waals surface area contributed by atoms with E-state index in [9.17, 15) is 14.7 Å². The molecule has 2 rings (SSSR count). The molecule has 1 aliphatic rings. The first kappa shape index (κ1) is 13.0. The quantitative estimate of drug-likeness (QED) is 0.824. The van der Waals surface area contributed by atoms with Gasteiger partial charge in [0.15, 0.2) is 5.54 Å². The van der Waals surface area contributed by atoms with E-state index in [4.69, 9.17) is 4.74 Å². The molecule has 7 heteroatoms. The number of carboxylic acid groups (broad SMARTS) is 1. The topological polar surface area (TPSA) is 88.5 Å². The Labute approximate surface area is 108 Å². The molecule has 0 spiro atoms. The first-order valence-corrected chi connectivity index (χ1v) is 6.43. The van der Waals surface area contributed by atoms with Crippen molar-refractivity contribution >= 4 is 23.2 Å². The molecule has 18 heavy (non-hydrogen) atoms. The lowest BCUT2D eigenvalue weighted by Crippen LogP contribution is -2.55. The van der Waals surface area contributed by atoms with Crippen molar-refractivity contribution in [3.8, 4) is 0 Å². The lowest BCUT2D eigenvalue weighted by molar-refractivity contribution is -0.147. The Morgan fingerprint density at radius 3 is 2.94 bits per heavy atom. The number of rotatable bonds is 4. The molecule has 1 aliphatic heterocycles. The second-order valence-electron chi connectivity index (χ2n) is 4.27. The minimum atomic E-state index is -1.28. The van der Waals surface area contributed by atoms with Crippen LogP contribution in [0.5, 0.6) is 0 Å². The number of carbonyl (C=O) groups is 2. The highest BCUT2D eigenvalue weighted by atomic mass is 32.1. The lowest BCUT2D eigenvalue weighted by Gasteiger charge is -2.23. The number of amides is 1. The van der Waals surface area contributed by atoms with Crippen molar-refractivity contribution in [2.75, 3.05) is 13.2 Å². The fraction of sp³-hybridized carbons (Fsp3) is 0.545. The molecule has 0 aromatic carbocycles. The predicted octanol–water partition coefficient (Wildman–Crippen LogP) is 0.354. The van der Waals surface area contributed by atoms with Crippen molar-refractivity contribution in [1.29, 1.82) is 0 Å². The van der Waals surface area contributed by atoms with Gasteiger partial charge in [-0.1, -0.05) is 0 Å². The lowest BCUT2D eigenvalue weighted by atomic mass is 9.99. The Morgan fingerprint density at radius 2 is 2.44 bits per heavy atom. The van der Waals surface area contributed by atoms with Crippen molar-refractivity contribution in [3.63, 3.8) is 0 Å². The van der Waals surface area contributed by atoms with Crippen molar-refractivity contribution in [1.82, 2.24) is 10.3 Å². The van der Waals surface area contributed by atoms with Gasteiger partial charge in [0.2, 0.25) is 5.91 Å². The number of hydrogen-bond acceptors (Lipinski definition) is 5. The summed E-state index contributed by atoms with van der Waals surface area (Å²) in [5.74, 6) is -1.39. The number of carbonyl (C=O) groups excluding carboxylic acids is 1. The van der Waals surface area contributed by atoms with Crippen LogP contribution in [-0.2, 0) is 20.7 Å². The number of nitrogens with one attached hydrogen (secondary N) is 1. The molecule has 98 valence electrons. The van der Waals surface area contributed by atoms with Gasteiger partial charge < -0.3 is 15.2 Å². The zero-order valence-electron chi connectivity index (χ0n) is 9.93. The van der Waals surface area contributed by atoms with Gasteiger partial charge in [-0.2, -0.15) is 0 Å². The molecule has 1 saturated heterocycles. The SMILES string of the molecule is Cc1nc(CC(=O)NC2(C(=O)O)CCOC2)cs1. The maximum absolute atomic E-state index is 11.8. The summed E-state index contributed by atoms with van der Waals surface area (Å²) >= 11 is 1.46. The van der Waals surface area contributed by atoms with E-state index < -0.39 is 11.5 Å². The molecule has 1 fully saturated rings. The maximum atomic E-state index is 11.8. The molecule has 1 aromatic heterocycles. The Bertz CT molecular complexity index is 465. The molecule has 0 aliphatic carbocycles. The van der Waals surface area contributed by atoms with Crippen LogP contribution in [0.25, 0.3) is 0 Å². The van der Waals surface area contributed by atoms with Crippen molar-refractivity contribution < 1.29 is 19.4 Å². The first-order valence-electron chi connectivity index (χ1n) is 5.55. The Hall–Kier alpha value is -1.47. The smallest absolute Gasteiger partial charge is 0.331 e. The fourth-order valence-corrected chi connectivity index (χ4v) is 2.46. The van der Waals surface area contributed by atoms with Crippen molar-refractivity contribution in [2.45, 2.75) is 25.3 Å². The second kappa shape index (κ2) is 5.03. The largest absolute Gasteiger partial charge is 0.479 e. The Morgan fingerprint density at radius 1 is 1.67 bits per heavy atom. The second-order valence-corrected chi connectivity index (χ2v) is 5.33. The summed E-state index contributed by atoms with van der Waals surface area (Å²) in [5.41, 5.74) is -0.614. The van der Waals surface area contributed by atoms with Gasteiger partial charge in [0.25, 0.3) is 0 Å². The summed E-state index contributed by atoms with van der Waals surface area (Å²) in [6, 6.07) is 0. The van der Waals surface area contributed by atoms with Crippen LogP contribution in [0.1, 0.15) is 17.1 Å². The Balaban J connectivity index is 1.99. The van der Waals surface area contributed by atoms with Gasteiger partial charge >= 0.3 is 5.97 Å². The zero-order valence-corrected chi connectivity index (χ0v) is 10.7. The van der Waals surface area contributed by atoms with Crippen LogP contribution in [0, 0.1) is 6.92 Å². The zero-order chi connectivity index (χ0) is 13.2. The number of carboxylic acids is 1. The number of nitrogens with zero attached hydrogens (tertiary/aromatic N) is 1. The fourth-order valence-electron chi connectivity index (χ4n) is 1.85. The van der Waals surface area contributed by atoms with Gasteiger partial charge in [0.1, 0.15) is 0 Å². The molecule has 1 atom stereocenters. The Kier molecular flexibility index (Phi) is 3.63. The van der Waals surface area contributed by atoms with Crippen LogP contribution >= 0.6 is 11.3 Å². The van der Waals surface area contributed by atoms with E-state index in [1.807, 2.05) is 6.92 Å². The van der Waals surface area contributed by atoms with Crippen LogP contribution < -0.4 is 5.32 Å². The van der Waals surface area contributed by atoms with Crippen molar-refractivity contribution in [2.24, 2.45) is 0 Å². The normalized spacial score (nSPS) is 22.9. The summed E-state index contributed by atoms with van der Waals surface area (Å²) in [4.78, 5) is 27.2. The molecule has 1 aromatic rings. The number of aliphatic carboxylic acids is 1. The number of hydrogen-bond donors (Lipinski definition) is 2. The molecule has 0 bridgehead atoms. The molecule has 1 amide bonds. The summed E-state index contributed by atoms with van der Waals surface area (Å²) in [6.07, 6.45) is 0.392. The van der Waals surface area contributed by atoms with E-state index >= 15 is 0 Å². The average Bonchev–Trinajstić information content (AvgIpc) is 2.89. The summed E-state index contributed by atoms with van der Waals surface area (Å²) < 4.78 is 5.07. The first-order chi connectivity index (χ1) is 8.52. The molecule has 1 unspecified atom stereocenters. The molecule has 0 radical (unpaired) electrons. The minimum absolute atomic E-state index is 0.0180. The third-order valence-corrected chi connectivity index (χ3v) is 3.64. The summed E-state index contributed by atoms with van der Waals surface area (Å²) in [7, 11) is 0. The van der Waals surface area contributed by atoms with Crippen LogP contribution in [0.2, 0.25) is 0 Å². The van der Waals surface area contributed by atoms with Crippen LogP contribution in [0.3, 0.4) is 0 Å².